The summed E-state index contributed by atoms with van der Waals surface area (Å²) in [5.41, 5.74) is -1.52. The maximum Gasteiger partial charge on any atom is 0.271 e. The number of amides is 2. The first kappa shape index (κ1) is 15.3. The van der Waals surface area contributed by atoms with Gasteiger partial charge in [0.15, 0.2) is 0 Å². The van der Waals surface area contributed by atoms with E-state index in [1.165, 1.54) is 12.1 Å². The van der Waals surface area contributed by atoms with Crippen LogP contribution in [0, 0.1) is 22.0 Å². The second kappa shape index (κ2) is 4.85. The van der Waals surface area contributed by atoms with Crippen LogP contribution in [0.1, 0.15) is 0 Å². The van der Waals surface area contributed by atoms with E-state index in [9.17, 15) is 24.8 Å². The number of nitro groups is 1. The van der Waals surface area contributed by atoms with Gasteiger partial charge in [0.05, 0.1) is 40.2 Å². The van der Waals surface area contributed by atoms with Gasteiger partial charge < -0.3 is 9.84 Å². The van der Waals surface area contributed by atoms with Gasteiger partial charge in [0.25, 0.3) is 5.69 Å². The number of benzene rings is 1. The summed E-state index contributed by atoms with van der Waals surface area (Å²) < 4.78 is 5.62. The molecule has 3 aliphatic heterocycles. The van der Waals surface area contributed by atoms with E-state index < -0.39 is 46.9 Å². The van der Waals surface area contributed by atoms with E-state index in [1.807, 2.05) is 0 Å². The van der Waals surface area contributed by atoms with E-state index in [4.69, 9.17) is 16.3 Å². The maximum atomic E-state index is 12.8. The molecule has 2 bridgehead atoms. The summed E-state index contributed by atoms with van der Waals surface area (Å²) in [6, 6.07) is 3.57. The third kappa shape index (κ3) is 1.75. The highest BCUT2D eigenvalue weighted by molar-refractivity contribution is 6.36. The molecule has 8 nitrogen and oxygen atoms in total. The summed E-state index contributed by atoms with van der Waals surface area (Å²) in [5.74, 6) is -2.73. The average Bonchev–Trinajstić information content (AvgIpc) is 3.19. The maximum absolute atomic E-state index is 12.8. The minimum atomic E-state index is -1.22. The molecule has 9 heteroatoms. The van der Waals surface area contributed by atoms with Crippen molar-refractivity contribution in [2.45, 2.75) is 11.7 Å². The van der Waals surface area contributed by atoms with Crippen LogP contribution >= 0.6 is 11.6 Å². The monoisotopic (exact) mass is 350 g/mol. The zero-order valence-electron chi connectivity index (χ0n) is 12.1. The van der Waals surface area contributed by atoms with Crippen molar-refractivity contribution in [3.8, 4) is 0 Å². The van der Waals surface area contributed by atoms with E-state index >= 15 is 0 Å². The number of rotatable bonds is 3. The van der Waals surface area contributed by atoms with Gasteiger partial charge in [-0.05, 0) is 6.07 Å². The number of nitrogens with zero attached hydrogens (tertiary/aromatic N) is 2. The quantitative estimate of drug-likeness (QED) is 0.377. The predicted octanol–water partition coefficient (Wildman–Crippen LogP) is 1.05. The first-order chi connectivity index (χ1) is 11.4. The van der Waals surface area contributed by atoms with Crippen molar-refractivity contribution >= 4 is 34.8 Å². The number of anilines is 1. The molecular formula is C15H11ClN2O6. The number of imide groups is 1. The summed E-state index contributed by atoms with van der Waals surface area (Å²) in [6.07, 6.45) is 2.66. The Bertz CT molecular complexity index is 824. The number of hydrogen-bond acceptors (Lipinski definition) is 6. The van der Waals surface area contributed by atoms with Crippen LogP contribution in [0.15, 0.2) is 30.4 Å². The Labute approximate surface area is 140 Å². The smallest absolute Gasteiger partial charge is 0.271 e. The van der Waals surface area contributed by atoms with Gasteiger partial charge in [0, 0.05) is 12.1 Å². The standard InChI is InChI=1S/C15H11ClN2O6/c16-8-2-1-7(18(22)23)5-9(8)17-13(20)11-10-3-4-15(6-19,24-10)12(11)14(17)21/h1-5,10-12,19H,6H2/t10-,11+,12-,15+/m1/s1. The Hall–Kier alpha value is -2.29. The van der Waals surface area contributed by atoms with Gasteiger partial charge in [-0.1, -0.05) is 23.8 Å². The van der Waals surface area contributed by atoms with Gasteiger partial charge in [-0.25, -0.2) is 4.90 Å². The van der Waals surface area contributed by atoms with Gasteiger partial charge in [0.2, 0.25) is 11.8 Å². The number of fused-ring (bicyclic) bond motifs is 5. The number of nitro benzene ring substituents is 1. The van der Waals surface area contributed by atoms with Crippen molar-refractivity contribution in [1.82, 2.24) is 0 Å². The number of aliphatic hydroxyl groups excluding tert-OH is 1. The van der Waals surface area contributed by atoms with Gasteiger partial charge in [-0.2, -0.15) is 0 Å². The molecule has 0 spiro atoms. The Balaban J connectivity index is 1.80. The molecule has 24 heavy (non-hydrogen) atoms. The number of carbonyl (C=O) groups excluding carboxylic acids is 2. The lowest BCUT2D eigenvalue weighted by Gasteiger charge is -2.26. The predicted molar refractivity (Wildman–Crippen MR) is 81.4 cm³/mol. The Morgan fingerprint density at radius 3 is 2.79 bits per heavy atom. The minimum Gasteiger partial charge on any atom is -0.393 e. The Kier molecular flexibility index (Phi) is 3.08. The molecule has 0 aliphatic carbocycles. The molecule has 2 fully saturated rings. The van der Waals surface area contributed by atoms with Crippen molar-refractivity contribution in [2.24, 2.45) is 11.8 Å². The van der Waals surface area contributed by atoms with Crippen molar-refractivity contribution in [1.29, 1.82) is 0 Å². The summed E-state index contributed by atoms with van der Waals surface area (Å²) in [5, 5.41) is 20.7. The number of hydrogen-bond donors (Lipinski definition) is 1. The zero-order chi connectivity index (χ0) is 17.2. The molecule has 0 aromatic heterocycles. The Morgan fingerprint density at radius 1 is 1.38 bits per heavy atom. The molecule has 4 atom stereocenters. The van der Waals surface area contributed by atoms with Crippen LogP contribution in [0.4, 0.5) is 11.4 Å². The summed E-state index contributed by atoms with van der Waals surface area (Å²) in [7, 11) is 0. The van der Waals surface area contributed by atoms with Crippen molar-refractivity contribution < 1.29 is 24.4 Å². The fourth-order valence-electron chi connectivity index (χ4n) is 3.71. The lowest BCUT2D eigenvalue weighted by molar-refractivity contribution is -0.384. The van der Waals surface area contributed by atoms with Crippen LogP contribution in [0.3, 0.4) is 0 Å². The van der Waals surface area contributed by atoms with Gasteiger partial charge in [-0.15, -0.1) is 0 Å². The average molecular weight is 351 g/mol. The normalized spacial score (nSPS) is 33.4. The summed E-state index contributed by atoms with van der Waals surface area (Å²) in [6.45, 7) is -0.434. The van der Waals surface area contributed by atoms with Crippen LogP contribution in [0.2, 0.25) is 5.02 Å². The lowest BCUT2D eigenvalue weighted by atomic mass is 9.77. The van der Waals surface area contributed by atoms with Crippen LogP contribution in [0.5, 0.6) is 0 Å². The van der Waals surface area contributed by atoms with Crippen LogP contribution in [0.25, 0.3) is 0 Å². The molecule has 3 aliphatic rings. The molecule has 0 unspecified atom stereocenters. The van der Waals surface area contributed by atoms with E-state index in [1.54, 1.807) is 12.2 Å². The molecule has 4 rings (SSSR count). The van der Waals surface area contributed by atoms with Crippen LogP contribution in [-0.4, -0.2) is 40.2 Å². The molecule has 3 heterocycles. The van der Waals surface area contributed by atoms with Crippen molar-refractivity contribution in [3.63, 3.8) is 0 Å². The molecule has 1 aromatic carbocycles. The fourth-order valence-corrected chi connectivity index (χ4v) is 3.91. The zero-order valence-corrected chi connectivity index (χ0v) is 12.8. The molecular weight excluding hydrogens is 340 g/mol. The highest BCUT2D eigenvalue weighted by atomic mass is 35.5. The second-order valence-electron chi connectivity index (χ2n) is 5.96. The van der Waals surface area contributed by atoms with Crippen LogP contribution < -0.4 is 4.90 Å². The second-order valence-corrected chi connectivity index (χ2v) is 6.37. The number of aliphatic hydroxyl groups is 1. The lowest BCUT2D eigenvalue weighted by Crippen LogP contribution is -2.43. The number of ether oxygens (including phenoxy) is 1. The minimum absolute atomic E-state index is 0.0252. The first-order valence-electron chi connectivity index (χ1n) is 7.19. The van der Waals surface area contributed by atoms with Gasteiger partial charge in [0.1, 0.15) is 5.60 Å². The highest BCUT2D eigenvalue weighted by Crippen LogP contribution is 2.52. The summed E-state index contributed by atoms with van der Waals surface area (Å²) >= 11 is 6.06. The largest absolute Gasteiger partial charge is 0.393 e. The van der Waals surface area contributed by atoms with Crippen molar-refractivity contribution in [3.05, 3.63) is 45.5 Å². The van der Waals surface area contributed by atoms with Gasteiger partial charge >= 0.3 is 0 Å². The van der Waals surface area contributed by atoms with E-state index in [-0.39, 0.29) is 16.4 Å². The number of halogens is 1. The Morgan fingerprint density at radius 2 is 2.12 bits per heavy atom. The van der Waals surface area contributed by atoms with Gasteiger partial charge in [-0.3, -0.25) is 19.7 Å². The first-order valence-corrected chi connectivity index (χ1v) is 7.57. The molecule has 2 saturated heterocycles. The molecule has 124 valence electrons. The SMILES string of the molecule is O=C1[C@H]2[C@H]3C=C[C@@](CO)(O3)[C@H]2C(=O)N1c1cc([N+](=O)[O-])ccc1Cl. The molecule has 0 radical (unpaired) electrons. The topological polar surface area (TPSA) is 110 Å². The third-order valence-corrected chi connectivity index (χ3v) is 5.10. The highest BCUT2D eigenvalue weighted by Gasteiger charge is 2.67. The molecule has 1 N–H and O–H groups in total. The van der Waals surface area contributed by atoms with E-state index in [0.29, 0.717) is 0 Å². The van der Waals surface area contributed by atoms with Crippen LogP contribution in [-0.2, 0) is 14.3 Å². The van der Waals surface area contributed by atoms with E-state index in [0.717, 1.165) is 11.0 Å². The molecule has 2 amide bonds. The number of non-ortho nitro benzene ring substituents is 1. The molecule has 0 saturated carbocycles. The molecule has 1 aromatic rings. The van der Waals surface area contributed by atoms with E-state index in [2.05, 4.69) is 0 Å². The third-order valence-electron chi connectivity index (χ3n) is 4.78. The summed E-state index contributed by atoms with van der Waals surface area (Å²) in [4.78, 5) is 36.8. The number of carbonyl (C=O) groups is 2. The fraction of sp³-hybridized carbons (Fsp3) is 0.333. The van der Waals surface area contributed by atoms with Crippen molar-refractivity contribution in [2.75, 3.05) is 11.5 Å².